The molecule has 0 bridgehead atoms. The number of nitrogens with one attached hydrogen (secondary N) is 1. The first kappa shape index (κ1) is 11.1. The van der Waals surface area contributed by atoms with Crippen LogP contribution in [0.3, 0.4) is 0 Å². The van der Waals surface area contributed by atoms with Crippen LogP contribution >= 0.6 is 0 Å². The molecule has 0 aliphatic heterocycles. The van der Waals surface area contributed by atoms with Crippen molar-refractivity contribution in [1.29, 1.82) is 5.26 Å². The highest BCUT2D eigenvalue weighted by molar-refractivity contribution is 5.95. The van der Waals surface area contributed by atoms with Gasteiger partial charge in [-0.15, -0.1) is 0 Å². The van der Waals surface area contributed by atoms with E-state index in [0.717, 1.165) is 0 Å². The standard InChI is InChI=1S/C7H9N3O3/c1-6(9-5-11)10-7(12)13-4-2-3-8/h5H,2,4H2,1H3,(H,9,10,11,12). The van der Waals surface area contributed by atoms with E-state index in [-0.39, 0.29) is 18.9 Å². The lowest BCUT2D eigenvalue weighted by atomic mass is 10.5. The molecule has 0 rings (SSSR count). The van der Waals surface area contributed by atoms with Gasteiger partial charge < -0.3 is 10.1 Å². The Bertz CT molecular complexity index is 254. The van der Waals surface area contributed by atoms with Gasteiger partial charge in [-0.25, -0.2) is 4.79 Å². The zero-order valence-electron chi connectivity index (χ0n) is 7.11. The third-order valence-electron chi connectivity index (χ3n) is 0.966. The molecule has 0 radical (unpaired) electrons. The van der Waals surface area contributed by atoms with Gasteiger partial charge in [-0.1, -0.05) is 0 Å². The second-order valence-electron chi connectivity index (χ2n) is 1.98. The normalized spacial score (nSPS) is 10.0. The summed E-state index contributed by atoms with van der Waals surface area (Å²) in [7, 11) is 0. The second-order valence-corrected chi connectivity index (χ2v) is 1.98. The Hall–Kier alpha value is -1.90. The number of hydrogen-bond donors (Lipinski definition) is 1. The maximum absolute atomic E-state index is 10.7. The predicted molar refractivity (Wildman–Crippen MR) is 43.9 cm³/mol. The van der Waals surface area contributed by atoms with Gasteiger partial charge in [0, 0.05) is 0 Å². The SMILES string of the molecule is C/C(=N/C(=O)OCCC#N)NC=O. The Kier molecular flexibility index (Phi) is 5.80. The van der Waals surface area contributed by atoms with Gasteiger partial charge in [0.2, 0.25) is 6.41 Å². The molecule has 1 N–H and O–H groups in total. The Morgan fingerprint density at radius 3 is 3.00 bits per heavy atom. The molecule has 6 heteroatoms. The molecule has 0 unspecified atom stereocenters. The van der Waals surface area contributed by atoms with Crippen molar-refractivity contribution in [3.63, 3.8) is 0 Å². The van der Waals surface area contributed by atoms with Crippen LogP contribution in [0.2, 0.25) is 0 Å². The highest BCUT2D eigenvalue weighted by Gasteiger charge is 1.99. The summed E-state index contributed by atoms with van der Waals surface area (Å²) in [6, 6.07) is 1.80. The monoisotopic (exact) mass is 183 g/mol. The number of ether oxygens (including phenoxy) is 1. The highest BCUT2D eigenvalue weighted by Crippen LogP contribution is 1.86. The number of rotatable bonds is 3. The molecule has 70 valence electrons. The van der Waals surface area contributed by atoms with Crippen molar-refractivity contribution in [2.75, 3.05) is 6.61 Å². The van der Waals surface area contributed by atoms with Crippen LogP contribution in [0.4, 0.5) is 4.79 Å². The fourth-order valence-corrected chi connectivity index (χ4v) is 0.471. The molecule has 0 atom stereocenters. The summed E-state index contributed by atoms with van der Waals surface area (Å²) < 4.78 is 4.49. The molecule has 2 amide bonds. The molecule has 13 heavy (non-hydrogen) atoms. The predicted octanol–water partition coefficient (Wildman–Crippen LogP) is 0.201. The Morgan fingerprint density at radius 2 is 2.46 bits per heavy atom. The third kappa shape index (κ3) is 6.50. The van der Waals surface area contributed by atoms with Gasteiger partial charge >= 0.3 is 6.09 Å². The topological polar surface area (TPSA) is 91.5 Å². The summed E-state index contributed by atoms with van der Waals surface area (Å²) >= 11 is 0. The first-order valence-corrected chi connectivity index (χ1v) is 3.50. The van der Waals surface area contributed by atoms with Crippen LogP contribution in [0, 0.1) is 11.3 Å². The van der Waals surface area contributed by atoms with Crippen molar-refractivity contribution in [3.8, 4) is 6.07 Å². The zero-order valence-corrected chi connectivity index (χ0v) is 7.11. The highest BCUT2D eigenvalue weighted by atomic mass is 16.5. The fourth-order valence-electron chi connectivity index (χ4n) is 0.471. The van der Waals surface area contributed by atoms with E-state index in [9.17, 15) is 9.59 Å². The lowest BCUT2D eigenvalue weighted by Crippen LogP contribution is -2.19. The van der Waals surface area contributed by atoms with Crippen molar-refractivity contribution in [2.24, 2.45) is 4.99 Å². The van der Waals surface area contributed by atoms with Gasteiger partial charge in [0.15, 0.2) is 0 Å². The van der Waals surface area contributed by atoms with Crippen LogP contribution in [0.25, 0.3) is 0 Å². The molecule has 0 aliphatic rings. The maximum atomic E-state index is 10.7. The van der Waals surface area contributed by atoms with Crippen LogP contribution in [0.1, 0.15) is 13.3 Å². The van der Waals surface area contributed by atoms with E-state index in [0.29, 0.717) is 6.41 Å². The molecule has 0 heterocycles. The second kappa shape index (κ2) is 6.79. The third-order valence-corrected chi connectivity index (χ3v) is 0.966. The Labute approximate surface area is 75.2 Å². The van der Waals surface area contributed by atoms with Crippen molar-refractivity contribution in [1.82, 2.24) is 5.32 Å². The average molecular weight is 183 g/mol. The number of carbonyl (C=O) groups is 2. The van der Waals surface area contributed by atoms with Crippen molar-refractivity contribution < 1.29 is 14.3 Å². The number of hydrogen-bond acceptors (Lipinski definition) is 4. The van der Waals surface area contributed by atoms with Gasteiger partial charge in [0.05, 0.1) is 12.5 Å². The largest absolute Gasteiger partial charge is 0.447 e. The minimum absolute atomic E-state index is 0.00715. The van der Waals surface area contributed by atoms with Gasteiger partial charge in [0.25, 0.3) is 0 Å². The van der Waals surface area contributed by atoms with Crippen molar-refractivity contribution >= 4 is 18.3 Å². The van der Waals surface area contributed by atoms with E-state index >= 15 is 0 Å². The van der Waals surface area contributed by atoms with Crippen LogP contribution in [0.15, 0.2) is 4.99 Å². The maximum Gasteiger partial charge on any atom is 0.435 e. The summed E-state index contributed by atoms with van der Waals surface area (Å²) in [5.74, 6) is 0.150. The Balaban J connectivity index is 3.79. The van der Waals surface area contributed by atoms with Gasteiger partial charge in [-0.05, 0) is 6.92 Å². The molecule has 0 aromatic heterocycles. The minimum Gasteiger partial charge on any atom is -0.447 e. The first-order valence-electron chi connectivity index (χ1n) is 3.50. The molecule has 0 saturated heterocycles. The van der Waals surface area contributed by atoms with Crippen LogP contribution in [-0.4, -0.2) is 24.9 Å². The van der Waals surface area contributed by atoms with E-state index in [1.165, 1.54) is 6.92 Å². The molecule has 0 spiro atoms. The number of aliphatic imine (C=N–C) groups is 1. The van der Waals surface area contributed by atoms with Gasteiger partial charge in [-0.3, -0.25) is 4.79 Å². The lowest BCUT2D eigenvalue weighted by molar-refractivity contribution is -0.108. The van der Waals surface area contributed by atoms with Crippen LogP contribution in [-0.2, 0) is 9.53 Å². The summed E-state index contributed by atoms with van der Waals surface area (Å²) in [6.45, 7) is 1.45. The van der Waals surface area contributed by atoms with Crippen molar-refractivity contribution in [3.05, 3.63) is 0 Å². The minimum atomic E-state index is -0.818. The average Bonchev–Trinajstić information content (AvgIpc) is 2.05. The Morgan fingerprint density at radius 1 is 1.77 bits per heavy atom. The molecule has 0 fully saturated rings. The molecular formula is C7H9N3O3. The quantitative estimate of drug-likeness (QED) is 0.293. The molecule has 0 aromatic rings. The van der Waals surface area contributed by atoms with E-state index in [2.05, 4.69) is 15.0 Å². The zero-order chi connectivity index (χ0) is 10.1. The van der Waals surface area contributed by atoms with E-state index in [1.807, 2.05) is 0 Å². The van der Waals surface area contributed by atoms with E-state index in [4.69, 9.17) is 5.26 Å². The fraction of sp³-hybridized carbons (Fsp3) is 0.429. The molecule has 0 saturated carbocycles. The number of nitrogens with zero attached hydrogens (tertiary/aromatic N) is 2. The van der Waals surface area contributed by atoms with Crippen LogP contribution in [0.5, 0.6) is 0 Å². The van der Waals surface area contributed by atoms with Gasteiger partial charge in [0.1, 0.15) is 12.4 Å². The van der Waals surface area contributed by atoms with Crippen molar-refractivity contribution in [2.45, 2.75) is 13.3 Å². The van der Waals surface area contributed by atoms with E-state index in [1.54, 1.807) is 6.07 Å². The molecular weight excluding hydrogens is 174 g/mol. The van der Waals surface area contributed by atoms with Crippen LogP contribution < -0.4 is 5.32 Å². The number of amidine groups is 1. The summed E-state index contributed by atoms with van der Waals surface area (Å²) in [6.07, 6.45) is -0.287. The summed E-state index contributed by atoms with van der Waals surface area (Å²) in [5.41, 5.74) is 0. The summed E-state index contributed by atoms with van der Waals surface area (Å²) in [5, 5.41) is 10.3. The lowest BCUT2D eigenvalue weighted by Gasteiger charge is -1.97. The molecule has 0 aliphatic carbocycles. The smallest absolute Gasteiger partial charge is 0.435 e. The van der Waals surface area contributed by atoms with Gasteiger partial charge in [-0.2, -0.15) is 10.3 Å². The number of nitriles is 1. The summed E-state index contributed by atoms with van der Waals surface area (Å²) in [4.78, 5) is 23.9. The van der Waals surface area contributed by atoms with E-state index < -0.39 is 6.09 Å². The first-order chi connectivity index (χ1) is 6.20. The number of amides is 2. The molecule has 0 aromatic carbocycles. The number of carbonyl (C=O) groups excluding carboxylic acids is 2. The molecule has 6 nitrogen and oxygen atoms in total.